The van der Waals surface area contributed by atoms with Gasteiger partial charge in [0.05, 0.1) is 0 Å². The molecule has 0 saturated carbocycles. The van der Waals surface area contributed by atoms with Gasteiger partial charge in [0.1, 0.15) is 6.10 Å². The summed E-state index contributed by atoms with van der Waals surface area (Å²) in [6.45, 7) is 1.20. The van der Waals surface area contributed by atoms with Gasteiger partial charge in [-0.25, -0.2) is 14.6 Å². The highest BCUT2D eigenvalue weighted by molar-refractivity contribution is 5.90. The number of amides is 1. The van der Waals surface area contributed by atoms with Gasteiger partial charge in [0.15, 0.2) is 5.82 Å². The molecule has 4 rings (SSSR count). The zero-order valence-electron chi connectivity index (χ0n) is 14.0. The summed E-state index contributed by atoms with van der Waals surface area (Å²) in [5.41, 5.74) is 0. The van der Waals surface area contributed by atoms with Gasteiger partial charge in [-0.2, -0.15) is 5.10 Å². The molecule has 132 valence electrons. The maximum absolute atomic E-state index is 12.3. The second-order valence-corrected chi connectivity index (χ2v) is 5.86. The van der Waals surface area contributed by atoms with E-state index < -0.39 is 0 Å². The van der Waals surface area contributed by atoms with Crippen molar-refractivity contribution in [3.63, 3.8) is 0 Å². The van der Waals surface area contributed by atoms with E-state index in [4.69, 9.17) is 4.74 Å². The number of hydrogen-bond acceptors (Lipinski definition) is 7. The van der Waals surface area contributed by atoms with E-state index in [1.807, 2.05) is 6.07 Å². The fourth-order valence-electron chi connectivity index (χ4n) is 2.80. The summed E-state index contributed by atoms with van der Waals surface area (Å²) in [6, 6.07) is 7.09. The molecular weight excluding hydrogens is 334 g/mol. The van der Waals surface area contributed by atoms with Crippen LogP contribution in [-0.4, -0.2) is 59.9 Å². The summed E-state index contributed by atoms with van der Waals surface area (Å²) < 4.78 is 7.52. The molecule has 1 aliphatic rings. The molecule has 3 aromatic rings. The van der Waals surface area contributed by atoms with E-state index in [0.29, 0.717) is 24.8 Å². The molecule has 3 aromatic heterocycles. The number of aromatic nitrogens is 6. The Balaban J connectivity index is 1.32. The van der Waals surface area contributed by atoms with E-state index in [1.165, 1.54) is 0 Å². The Morgan fingerprint density at radius 3 is 2.50 bits per heavy atom. The Morgan fingerprint density at radius 2 is 1.85 bits per heavy atom. The van der Waals surface area contributed by atoms with Crippen molar-refractivity contribution in [1.82, 2.24) is 34.8 Å². The van der Waals surface area contributed by atoms with Crippen LogP contribution in [0.4, 0.5) is 0 Å². The van der Waals surface area contributed by atoms with Gasteiger partial charge in [0.2, 0.25) is 11.7 Å². The highest BCUT2D eigenvalue weighted by Gasteiger charge is 2.26. The predicted octanol–water partition coefficient (Wildman–Crippen LogP) is 1.14. The number of piperidine rings is 1. The van der Waals surface area contributed by atoms with E-state index in [2.05, 4.69) is 25.3 Å². The number of rotatable bonds is 4. The van der Waals surface area contributed by atoms with Crippen molar-refractivity contribution in [3.05, 3.63) is 54.9 Å². The zero-order valence-corrected chi connectivity index (χ0v) is 14.0. The van der Waals surface area contributed by atoms with Crippen LogP contribution in [0.1, 0.15) is 23.5 Å². The Kier molecular flexibility index (Phi) is 4.50. The van der Waals surface area contributed by atoms with Gasteiger partial charge in [0, 0.05) is 56.8 Å². The maximum atomic E-state index is 12.3. The molecule has 0 bridgehead atoms. The number of likely N-dealkylation sites (tertiary alicyclic amines) is 1. The van der Waals surface area contributed by atoms with Crippen molar-refractivity contribution in [2.45, 2.75) is 18.9 Å². The van der Waals surface area contributed by atoms with Gasteiger partial charge in [-0.15, -0.1) is 10.2 Å². The lowest BCUT2D eigenvalue weighted by Crippen LogP contribution is -2.42. The summed E-state index contributed by atoms with van der Waals surface area (Å²) in [7, 11) is 0. The highest BCUT2D eigenvalue weighted by Crippen LogP contribution is 2.18. The normalized spacial score (nSPS) is 15.0. The smallest absolute Gasteiger partial charge is 0.291 e. The lowest BCUT2D eigenvalue weighted by atomic mass is 10.1. The van der Waals surface area contributed by atoms with E-state index >= 15 is 0 Å². The fourth-order valence-corrected chi connectivity index (χ4v) is 2.80. The van der Waals surface area contributed by atoms with Gasteiger partial charge >= 0.3 is 0 Å². The van der Waals surface area contributed by atoms with Gasteiger partial charge < -0.3 is 9.64 Å². The first kappa shape index (κ1) is 16.1. The summed E-state index contributed by atoms with van der Waals surface area (Å²) in [5, 5.41) is 12.3. The molecule has 0 unspecified atom stereocenters. The number of nitrogens with zero attached hydrogens (tertiary/aromatic N) is 7. The van der Waals surface area contributed by atoms with Crippen LogP contribution >= 0.6 is 0 Å². The van der Waals surface area contributed by atoms with Crippen molar-refractivity contribution in [3.8, 4) is 11.7 Å². The number of hydrogen-bond donors (Lipinski definition) is 0. The van der Waals surface area contributed by atoms with Crippen LogP contribution in [0.2, 0.25) is 0 Å². The molecule has 0 radical (unpaired) electrons. The number of ether oxygens (including phenoxy) is 1. The minimum absolute atomic E-state index is 0.000551. The molecule has 26 heavy (non-hydrogen) atoms. The summed E-state index contributed by atoms with van der Waals surface area (Å²) in [4.78, 5) is 22.1. The molecule has 1 saturated heterocycles. The highest BCUT2D eigenvalue weighted by atomic mass is 16.5. The molecule has 1 fully saturated rings. The average molecular weight is 351 g/mol. The Hall–Kier alpha value is -3.36. The van der Waals surface area contributed by atoms with Crippen molar-refractivity contribution < 1.29 is 9.53 Å². The Labute approximate surface area is 149 Å². The lowest BCUT2D eigenvalue weighted by molar-refractivity contribution is 0.0575. The molecule has 0 atom stereocenters. The Morgan fingerprint density at radius 1 is 1.04 bits per heavy atom. The van der Waals surface area contributed by atoms with Crippen LogP contribution in [0.3, 0.4) is 0 Å². The molecule has 1 aliphatic heterocycles. The molecule has 9 nitrogen and oxygen atoms in total. The monoisotopic (exact) mass is 351 g/mol. The minimum atomic E-state index is -0.146. The number of carbonyl (C=O) groups is 1. The molecule has 4 heterocycles. The van der Waals surface area contributed by atoms with Crippen molar-refractivity contribution in [1.29, 1.82) is 0 Å². The summed E-state index contributed by atoms with van der Waals surface area (Å²) in [5.74, 6) is 1.18. The molecule has 0 spiro atoms. The van der Waals surface area contributed by atoms with E-state index in [-0.39, 0.29) is 17.8 Å². The molecular formula is C17H17N7O2. The molecule has 1 amide bonds. The molecule has 0 aromatic carbocycles. The Bertz CT molecular complexity index is 845. The second kappa shape index (κ2) is 7.26. The maximum Gasteiger partial charge on any atom is 0.291 e. The second-order valence-electron chi connectivity index (χ2n) is 5.86. The van der Waals surface area contributed by atoms with Crippen LogP contribution in [0.15, 0.2) is 49.1 Å². The number of carbonyl (C=O) groups excluding carboxylic acids is 1. The third kappa shape index (κ3) is 3.51. The van der Waals surface area contributed by atoms with E-state index in [9.17, 15) is 4.79 Å². The third-order valence-electron chi connectivity index (χ3n) is 4.14. The standard InChI is InChI=1S/C17H17N7O2/c25-17(16-18-7-1-8-19-16)23-11-5-13(6-12-23)26-15-4-3-14(21-22-15)24-10-2-9-20-24/h1-4,7-10,13H,5-6,11-12H2. The minimum Gasteiger partial charge on any atom is -0.473 e. The largest absolute Gasteiger partial charge is 0.473 e. The van der Waals surface area contributed by atoms with Gasteiger partial charge in [-0.05, 0) is 18.2 Å². The first-order chi connectivity index (χ1) is 12.8. The first-order valence-corrected chi connectivity index (χ1v) is 8.36. The third-order valence-corrected chi connectivity index (χ3v) is 4.14. The SMILES string of the molecule is O=C(c1ncccn1)N1CCC(Oc2ccc(-n3cccn3)nn2)CC1. The summed E-state index contributed by atoms with van der Waals surface area (Å²) in [6.07, 6.45) is 8.07. The van der Waals surface area contributed by atoms with E-state index in [0.717, 1.165) is 12.8 Å². The quantitative estimate of drug-likeness (QED) is 0.695. The van der Waals surface area contributed by atoms with Gasteiger partial charge in [-0.1, -0.05) is 0 Å². The first-order valence-electron chi connectivity index (χ1n) is 8.36. The van der Waals surface area contributed by atoms with E-state index in [1.54, 1.807) is 52.6 Å². The summed E-state index contributed by atoms with van der Waals surface area (Å²) >= 11 is 0. The average Bonchev–Trinajstić information content (AvgIpc) is 3.24. The van der Waals surface area contributed by atoms with Crippen LogP contribution < -0.4 is 4.74 Å². The van der Waals surface area contributed by atoms with Crippen molar-refractivity contribution in [2.24, 2.45) is 0 Å². The van der Waals surface area contributed by atoms with Crippen LogP contribution in [0.5, 0.6) is 5.88 Å². The van der Waals surface area contributed by atoms with Gasteiger partial charge in [-0.3, -0.25) is 4.79 Å². The van der Waals surface area contributed by atoms with Crippen LogP contribution in [0, 0.1) is 0 Å². The van der Waals surface area contributed by atoms with Gasteiger partial charge in [0.25, 0.3) is 5.91 Å². The molecule has 0 aliphatic carbocycles. The van der Waals surface area contributed by atoms with Crippen molar-refractivity contribution in [2.75, 3.05) is 13.1 Å². The van der Waals surface area contributed by atoms with Crippen molar-refractivity contribution >= 4 is 5.91 Å². The molecule has 0 N–H and O–H groups in total. The van der Waals surface area contributed by atoms with Crippen LogP contribution in [0.25, 0.3) is 5.82 Å². The fraction of sp³-hybridized carbons (Fsp3) is 0.294. The topological polar surface area (TPSA) is 98.9 Å². The van der Waals surface area contributed by atoms with Crippen LogP contribution in [-0.2, 0) is 0 Å². The lowest BCUT2D eigenvalue weighted by Gasteiger charge is -2.31. The zero-order chi connectivity index (χ0) is 17.8. The predicted molar refractivity (Wildman–Crippen MR) is 90.7 cm³/mol. The molecule has 9 heteroatoms.